The van der Waals surface area contributed by atoms with Crippen LogP contribution in [0.2, 0.25) is 0 Å². The number of nitrogens with zero attached hydrogens (tertiary/aromatic N) is 4. The third kappa shape index (κ3) is 3.06. The summed E-state index contributed by atoms with van der Waals surface area (Å²) in [5.41, 5.74) is -0.440. The van der Waals surface area contributed by atoms with Gasteiger partial charge in [0, 0.05) is 25.0 Å². The molecule has 5 nitrogen and oxygen atoms in total. The van der Waals surface area contributed by atoms with Crippen molar-refractivity contribution in [1.82, 2.24) is 19.7 Å². The van der Waals surface area contributed by atoms with Gasteiger partial charge in [-0.1, -0.05) is 19.3 Å². The van der Waals surface area contributed by atoms with Gasteiger partial charge in [-0.2, -0.15) is 0 Å². The van der Waals surface area contributed by atoms with E-state index in [2.05, 4.69) is 19.7 Å². The Kier molecular flexibility index (Phi) is 3.95. The van der Waals surface area contributed by atoms with Crippen LogP contribution in [-0.2, 0) is 0 Å². The number of β-amino-alcohol motifs (C(OH)–C–C–N with tert-alkyl or cyclic N) is 1. The van der Waals surface area contributed by atoms with Gasteiger partial charge >= 0.3 is 0 Å². The Labute approximate surface area is 132 Å². The van der Waals surface area contributed by atoms with Crippen molar-refractivity contribution in [1.29, 1.82) is 0 Å². The van der Waals surface area contributed by atoms with E-state index in [1.54, 1.807) is 0 Å². The monoisotopic (exact) mass is 304 g/mol. The van der Waals surface area contributed by atoms with Gasteiger partial charge in [-0.15, -0.1) is 10.2 Å². The molecule has 1 atom stereocenters. The maximum atomic E-state index is 10.8. The van der Waals surface area contributed by atoms with Crippen LogP contribution in [0, 0.1) is 0 Å². The molecule has 1 aliphatic heterocycles. The average molecular weight is 304 g/mol. The maximum Gasteiger partial charge on any atom is 0.137 e. The van der Waals surface area contributed by atoms with Crippen LogP contribution < -0.4 is 0 Å². The molecule has 0 spiro atoms. The van der Waals surface area contributed by atoms with Gasteiger partial charge in [0.15, 0.2) is 0 Å². The number of likely N-dealkylation sites (tertiary alicyclic amines) is 1. The number of rotatable bonds is 4. The summed E-state index contributed by atoms with van der Waals surface area (Å²) in [6.07, 6.45) is 12.5. The van der Waals surface area contributed by atoms with Crippen LogP contribution >= 0.6 is 0 Å². The van der Waals surface area contributed by atoms with Crippen LogP contribution in [0.4, 0.5) is 0 Å². The van der Waals surface area contributed by atoms with E-state index < -0.39 is 5.60 Å². The molecule has 1 aromatic heterocycles. The van der Waals surface area contributed by atoms with Crippen molar-refractivity contribution in [3.8, 4) is 0 Å². The van der Waals surface area contributed by atoms with Crippen LogP contribution in [0.3, 0.4) is 0 Å². The Hall–Kier alpha value is -0.940. The Morgan fingerprint density at radius 2 is 1.95 bits per heavy atom. The lowest BCUT2D eigenvalue weighted by Gasteiger charge is -2.40. The summed E-state index contributed by atoms with van der Waals surface area (Å²) in [5, 5.41) is 19.4. The summed E-state index contributed by atoms with van der Waals surface area (Å²) >= 11 is 0. The fourth-order valence-corrected chi connectivity index (χ4v) is 4.37. The fraction of sp³-hybridized carbons (Fsp3) is 0.882. The number of aliphatic hydroxyl groups is 1. The topological polar surface area (TPSA) is 54.2 Å². The molecule has 2 saturated carbocycles. The number of hydrogen-bond donors (Lipinski definition) is 1. The van der Waals surface area contributed by atoms with Crippen LogP contribution in [0.1, 0.15) is 75.6 Å². The van der Waals surface area contributed by atoms with E-state index in [0.717, 1.165) is 32.5 Å². The van der Waals surface area contributed by atoms with Gasteiger partial charge in [0.2, 0.25) is 0 Å². The molecule has 1 saturated heterocycles. The van der Waals surface area contributed by atoms with Crippen molar-refractivity contribution in [3.63, 3.8) is 0 Å². The van der Waals surface area contributed by atoms with Crippen molar-refractivity contribution in [2.75, 3.05) is 19.6 Å². The van der Waals surface area contributed by atoms with Crippen LogP contribution in [-0.4, -0.2) is 50.0 Å². The van der Waals surface area contributed by atoms with Gasteiger partial charge in [-0.3, -0.25) is 4.90 Å². The van der Waals surface area contributed by atoms with Crippen molar-refractivity contribution in [3.05, 3.63) is 12.2 Å². The van der Waals surface area contributed by atoms with E-state index in [4.69, 9.17) is 0 Å². The number of hydrogen-bond acceptors (Lipinski definition) is 4. The van der Waals surface area contributed by atoms with E-state index in [1.165, 1.54) is 50.8 Å². The zero-order valence-corrected chi connectivity index (χ0v) is 13.5. The molecule has 4 rings (SSSR count). The molecule has 3 aliphatic rings. The van der Waals surface area contributed by atoms with Gasteiger partial charge in [0.1, 0.15) is 12.2 Å². The standard InChI is InChI=1S/C17H28N4O/c22-17(8-2-1-3-9-17)12-20-10-4-5-14(11-20)16-19-18-13-21(16)15-6-7-15/h13-15,22H,1-12H2. The van der Waals surface area contributed by atoms with E-state index >= 15 is 0 Å². The third-order valence-corrected chi connectivity index (χ3v) is 5.71. The largest absolute Gasteiger partial charge is 0.389 e. The minimum atomic E-state index is -0.440. The van der Waals surface area contributed by atoms with Gasteiger partial charge in [0.25, 0.3) is 0 Å². The maximum absolute atomic E-state index is 10.8. The molecule has 1 N–H and O–H groups in total. The van der Waals surface area contributed by atoms with Crippen molar-refractivity contribution in [2.45, 2.75) is 75.3 Å². The minimum Gasteiger partial charge on any atom is -0.389 e. The second kappa shape index (κ2) is 5.93. The summed E-state index contributed by atoms with van der Waals surface area (Å²) in [4.78, 5) is 2.48. The highest BCUT2D eigenvalue weighted by Gasteiger charge is 2.35. The smallest absolute Gasteiger partial charge is 0.137 e. The Morgan fingerprint density at radius 3 is 2.73 bits per heavy atom. The van der Waals surface area contributed by atoms with Gasteiger partial charge < -0.3 is 9.67 Å². The quantitative estimate of drug-likeness (QED) is 0.928. The molecule has 0 aromatic carbocycles. The summed E-state index contributed by atoms with van der Waals surface area (Å²) < 4.78 is 2.31. The Morgan fingerprint density at radius 1 is 1.14 bits per heavy atom. The van der Waals surface area contributed by atoms with Crippen LogP contribution in [0.5, 0.6) is 0 Å². The second-order valence-electron chi connectivity index (χ2n) is 7.69. The number of piperidine rings is 1. The molecule has 0 radical (unpaired) electrons. The van der Waals surface area contributed by atoms with Crippen molar-refractivity contribution < 1.29 is 5.11 Å². The highest BCUT2D eigenvalue weighted by atomic mass is 16.3. The lowest BCUT2D eigenvalue weighted by molar-refractivity contribution is -0.0316. The molecule has 5 heteroatoms. The minimum absolute atomic E-state index is 0.440. The van der Waals surface area contributed by atoms with Crippen LogP contribution in [0.15, 0.2) is 6.33 Å². The molecule has 0 amide bonds. The summed E-state index contributed by atoms with van der Waals surface area (Å²) in [6, 6.07) is 0.655. The van der Waals surface area contributed by atoms with Gasteiger partial charge in [0.05, 0.1) is 5.60 Å². The summed E-state index contributed by atoms with van der Waals surface area (Å²) in [5.74, 6) is 1.67. The SMILES string of the molecule is OC1(CN2CCCC(c3nncn3C3CC3)C2)CCCCC1. The average Bonchev–Trinajstić information content (AvgIpc) is 3.25. The Balaban J connectivity index is 1.42. The van der Waals surface area contributed by atoms with E-state index in [9.17, 15) is 5.11 Å². The van der Waals surface area contributed by atoms with E-state index in [-0.39, 0.29) is 0 Å². The zero-order chi connectivity index (χ0) is 15.0. The molecule has 2 heterocycles. The lowest BCUT2D eigenvalue weighted by atomic mass is 9.83. The third-order valence-electron chi connectivity index (χ3n) is 5.71. The van der Waals surface area contributed by atoms with Crippen LogP contribution in [0.25, 0.3) is 0 Å². The molecule has 1 unspecified atom stereocenters. The predicted molar refractivity (Wildman–Crippen MR) is 84.7 cm³/mol. The highest BCUT2D eigenvalue weighted by molar-refractivity contribution is 5.04. The molecular formula is C17H28N4O. The number of aromatic nitrogens is 3. The molecule has 1 aromatic rings. The van der Waals surface area contributed by atoms with E-state index in [0.29, 0.717) is 12.0 Å². The first-order chi connectivity index (χ1) is 10.7. The fourth-order valence-electron chi connectivity index (χ4n) is 4.37. The molecule has 0 bridgehead atoms. The first-order valence-corrected chi connectivity index (χ1v) is 9.08. The first kappa shape index (κ1) is 14.6. The summed E-state index contributed by atoms with van der Waals surface area (Å²) in [7, 11) is 0. The molecular weight excluding hydrogens is 276 g/mol. The van der Waals surface area contributed by atoms with Gasteiger partial charge in [-0.25, -0.2) is 0 Å². The normalized spacial score (nSPS) is 29.6. The van der Waals surface area contributed by atoms with Crippen molar-refractivity contribution in [2.24, 2.45) is 0 Å². The first-order valence-electron chi connectivity index (χ1n) is 9.08. The Bertz CT molecular complexity index is 505. The molecule has 22 heavy (non-hydrogen) atoms. The van der Waals surface area contributed by atoms with E-state index in [1.807, 2.05) is 6.33 Å². The molecule has 2 aliphatic carbocycles. The molecule has 122 valence electrons. The summed E-state index contributed by atoms with van der Waals surface area (Å²) in [6.45, 7) is 3.01. The predicted octanol–water partition coefficient (Wildman–Crippen LogP) is 2.49. The molecule has 3 fully saturated rings. The second-order valence-corrected chi connectivity index (χ2v) is 7.69. The van der Waals surface area contributed by atoms with Crippen molar-refractivity contribution >= 4 is 0 Å². The zero-order valence-electron chi connectivity index (χ0n) is 13.5. The van der Waals surface area contributed by atoms with Gasteiger partial charge in [-0.05, 0) is 45.1 Å². The lowest BCUT2D eigenvalue weighted by Crippen LogP contribution is -2.47. The highest BCUT2D eigenvalue weighted by Crippen LogP contribution is 2.38.